The second kappa shape index (κ2) is 7.81. The number of ether oxygens (including phenoxy) is 2. The molecule has 0 radical (unpaired) electrons. The first-order chi connectivity index (χ1) is 12.5. The number of halogens is 2. The van der Waals surface area contributed by atoms with E-state index in [1.807, 2.05) is 24.3 Å². The van der Waals surface area contributed by atoms with E-state index in [0.29, 0.717) is 16.3 Å². The molecule has 1 heterocycles. The van der Waals surface area contributed by atoms with Crippen molar-refractivity contribution >= 4 is 45.9 Å². The Labute approximate surface area is 159 Å². The third kappa shape index (κ3) is 4.00. The number of aromatic nitrogens is 1. The Hall–Kier alpha value is -2.50. The highest BCUT2D eigenvalue weighted by Gasteiger charge is 2.20. The maximum atomic E-state index is 12.3. The molecule has 1 atom stereocenters. The third-order valence-electron chi connectivity index (χ3n) is 3.76. The van der Waals surface area contributed by atoms with Crippen molar-refractivity contribution in [2.24, 2.45) is 0 Å². The SMILES string of the molecule is C[C@@H](Oc1ccc(Cl)cc1Cl)C(=O)OCC(=O)c1c[nH]c2ccccc12. The summed E-state index contributed by atoms with van der Waals surface area (Å²) >= 11 is 11.8. The van der Waals surface area contributed by atoms with Gasteiger partial charge >= 0.3 is 5.97 Å². The monoisotopic (exact) mass is 391 g/mol. The van der Waals surface area contributed by atoms with Crippen LogP contribution in [0.2, 0.25) is 10.0 Å². The minimum Gasteiger partial charge on any atom is -0.477 e. The first-order valence-corrected chi connectivity index (χ1v) is 8.59. The molecule has 0 aliphatic heterocycles. The molecule has 7 heteroatoms. The molecular formula is C19H15Cl2NO4. The van der Waals surface area contributed by atoms with E-state index in [2.05, 4.69) is 4.98 Å². The fourth-order valence-corrected chi connectivity index (χ4v) is 2.90. The number of carbonyl (C=O) groups is 2. The number of hydrogen-bond acceptors (Lipinski definition) is 4. The first kappa shape index (κ1) is 18.3. The minimum absolute atomic E-state index is 0.284. The molecule has 3 rings (SSSR count). The number of carbonyl (C=O) groups excluding carboxylic acids is 2. The second-order valence-corrected chi connectivity index (χ2v) is 6.46. The number of hydrogen-bond donors (Lipinski definition) is 1. The predicted octanol–water partition coefficient (Wildman–Crippen LogP) is 4.67. The Morgan fingerprint density at radius 2 is 1.92 bits per heavy atom. The molecule has 0 saturated carbocycles. The van der Waals surface area contributed by atoms with Crippen LogP contribution in [0.3, 0.4) is 0 Å². The highest BCUT2D eigenvalue weighted by Crippen LogP contribution is 2.28. The largest absolute Gasteiger partial charge is 0.477 e. The number of esters is 1. The molecule has 0 unspecified atom stereocenters. The van der Waals surface area contributed by atoms with Crippen LogP contribution in [0.1, 0.15) is 17.3 Å². The quantitative estimate of drug-likeness (QED) is 0.489. The molecule has 26 heavy (non-hydrogen) atoms. The molecule has 1 aromatic heterocycles. The lowest BCUT2D eigenvalue weighted by Crippen LogP contribution is -2.28. The van der Waals surface area contributed by atoms with Crippen molar-refractivity contribution < 1.29 is 19.1 Å². The summed E-state index contributed by atoms with van der Waals surface area (Å²) in [6.07, 6.45) is 0.679. The van der Waals surface area contributed by atoms with Gasteiger partial charge in [-0.2, -0.15) is 0 Å². The molecule has 0 spiro atoms. The zero-order valence-corrected chi connectivity index (χ0v) is 15.3. The Morgan fingerprint density at radius 3 is 2.69 bits per heavy atom. The smallest absolute Gasteiger partial charge is 0.347 e. The molecule has 0 saturated heterocycles. The van der Waals surface area contributed by atoms with E-state index in [0.717, 1.165) is 10.9 Å². The van der Waals surface area contributed by atoms with Crippen molar-refractivity contribution in [1.82, 2.24) is 4.98 Å². The van der Waals surface area contributed by atoms with E-state index in [1.165, 1.54) is 13.0 Å². The van der Waals surface area contributed by atoms with Crippen LogP contribution in [0.25, 0.3) is 10.9 Å². The van der Waals surface area contributed by atoms with E-state index in [-0.39, 0.29) is 17.4 Å². The number of Topliss-reactive ketones (excluding diaryl/α,β-unsaturated/α-hetero) is 1. The lowest BCUT2D eigenvalue weighted by atomic mass is 10.1. The molecule has 0 bridgehead atoms. The summed E-state index contributed by atoms with van der Waals surface area (Å²) in [5, 5.41) is 1.53. The first-order valence-electron chi connectivity index (χ1n) is 7.83. The molecule has 3 aromatic rings. The maximum Gasteiger partial charge on any atom is 0.347 e. The summed E-state index contributed by atoms with van der Waals surface area (Å²) in [7, 11) is 0. The van der Waals surface area contributed by atoms with Gasteiger partial charge in [-0.1, -0.05) is 41.4 Å². The topological polar surface area (TPSA) is 68.4 Å². The van der Waals surface area contributed by atoms with E-state index >= 15 is 0 Å². The molecule has 0 aliphatic carbocycles. The summed E-state index contributed by atoms with van der Waals surface area (Å²) in [5.41, 5.74) is 1.32. The summed E-state index contributed by atoms with van der Waals surface area (Å²) in [4.78, 5) is 27.4. The Bertz CT molecular complexity index is 967. The van der Waals surface area contributed by atoms with Crippen molar-refractivity contribution in [2.75, 3.05) is 6.61 Å². The van der Waals surface area contributed by atoms with Gasteiger partial charge in [-0.25, -0.2) is 4.79 Å². The number of rotatable bonds is 6. The number of fused-ring (bicyclic) bond motifs is 1. The lowest BCUT2D eigenvalue weighted by Gasteiger charge is -2.14. The van der Waals surface area contributed by atoms with E-state index < -0.39 is 12.1 Å². The Balaban J connectivity index is 1.60. The second-order valence-electron chi connectivity index (χ2n) is 5.61. The number of para-hydroxylation sites is 1. The van der Waals surface area contributed by atoms with Crippen LogP contribution in [0.4, 0.5) is 0 Å². The van der Waals surface area contributed by atoms with Crippen molar-refractivity contribution in [3.05, 3.63) is 64.3 Å². The Morgan fingerprint density at radius 1 is 1.15 bits per heavy atom. The molecule has 0 fully saturated rings. The zero-order chi connectivity index (χ0) is 18.7. The van der Waals surface area contributed by atoms with Crippen LogP contribution in [0.5, 0.6) is 5.75 Å². The molecule has 0 amide bonds. The zero-order valence-electron chi connectivity index (χ0n) is 13.8. The highest BCUT2D eigenvalue weighted by molar-refractivity contribution is 6.35. The Kier molecular flexibility index (Phi) is 5.49. The van der Waals surface area contributed by atoms with Gasteiger partial charge in [-0.05, 0) is 31.2 Å². The van der Waals surface area contributed by atoms with Crippen molar-refractivity contribution in [1.29, 1.82) is 0 Å². The number of H-pyrrole nitrogens is 1. The lowest BCUT2D eigenvalue weighted by molar-refractivity contribution is -0.149. The van der Waals surface area contributed by atoms with Gasteiger partial charge in [-0.3, -0.25) is 4.79 Å². The molecule has 1 N–H and O–H groups in total. The average Bonchev–Trinajstić information content (AvgIpc) is 3.06. The van der Waals surface area contributed by atoms with Crippen LogP contribution in [-0.2, 0) is 9.53 Å². The van der Waals surface area contributed by atoms with E-state index in [9.17, 15) is 9.59 Å². The van der Waals surface area contributed by atoms with Gasteiger partial charge in [0.25, 0.3) is 0 Å². The predicted molar refractivity (Wildman–Crippen MR) is 100 cm³/mol. The number of ketones is 1. The van der Waals surface area contributed by atoms with Gasteiger partial charge in [0.05, 0.1) is 5.02 Å². The van der Waals surface area contributed by atoms with Crippen molar-refractivity contribution in [2.45, 2.75) is 13.0 Å². The van der Waals surface area contributed by atoms with Gasteiger partial charge in [0.1, 0.15) is 5.75 Å². The van der Waals surface area contributed by atoms with Gasteiger partial charge in [0.2, 0.25) is 5.78 Å². The number of aromatic amines is 1. The third-order valence-corrected chi connectivity index (χ3v) is 4.30. The highest BCUT2D eigenvalue weighted by atomic mass is 35.5. The van der Waals surface area contributed by atoms with Gasteiger partial charge in [-0.15, -0.1) is 0 Å². The molecule has 0 aliphatic rings. The van der Waals surface area contributed by atoms with Gasteiger partial charge in [0.15, 0.2) is 12.7 Å². The summed E-state index contributed by atoms with van der Waals surface area (Å²) in [6, 6.07) is 12.1. The van der Waals surface area contributed by atoms with Crippen molar-refractivity contribution in [3.63, 3.8) is 0 Å². The maximum absolute atomic E-state index is 12.3. The number of nitrogens with one attached hydrogen (secondary N) is 1. The van der Waals surface area contributed by atoms with Crippen LogP contribution in [0.15, 0.2) is 48.7 Å². The molecular weight excluding hydrogens is 377 g/mol. The standard InChI is InChI=1S/C19H15Cl2NO4/c1-11(26-18-7-6-12(20)8-15(18)21)19(24)25-10-17(23)14-9-22-16-5-3-2-4-13(14)16/h2-9,11,22H,10H2,1H3/t11-/m1/s1. The molecule has 5 nitrogen and oxygen atoms in total. The normalized spacial score (nSPS) is 12.0. The molecule has 134 valence electrons. The van der Waals surface area contributed by atoms with E-state index in [4.69, 9.17) is 32.7 Å². The van der Waals surface area contributed by atoms with Gasteiger partial charge in [0, 0.05) is 27.7 Å². The fraction of sp³-hybridized carbons (Fsp3) is 0.158. The summed E-state index contributed by atoms with van der Waals surface area (Å²) in [5.74, 6) is -0.653. The fourth-order valence-electron chi connectivity index (χ4n) is 2.44. The van der Waals surface area contributed by atoms with Gasteiger partial charge < -0.3 is 14.5 Å². The van der Waals surface area contributed by atoms with Crippen molar-refractivity contribution in [3.8, 4) is 5.75 Å². The van der Waals surface area contributed by atoms with Crippen LogP contribution in [0, 0.1) is 0 Å². The minimum atomic E-state index is -0.926. The number of benzene rings is 2. The summed E-state index contributed by atoms with van der Waals surface area (Å²) in [6.45, 7) is 1.15. The van der Waals surface area contributed by atoms with Crippen LogP contribution >= 0.6 is 23.2 Å². The molecule has 2 aromatic carbocycles. The summed E-state index contributed by atoms with van der Waals surface area (Å²) < 4.78 is 10.6. The average molecular weight is 392 g/mol. The van der Waals surface area contributed by atoms with E-state index in [1.54, 1.807) is 18.3 Å². The van der Waals surface area contributed by atoms with Crippen LogP contribution in [-0.4, -0.2) is 29.4 Å². The van der Waals surface area contributed by atoms with Crippen LogP contribution < -0.4 is 4.74 Å².